The van der Waals surface area contributed by atoms with Crippen LogP contribution in [0.5, 0.6) is 11.5 Å². The number of non-ortho nitro benzene ring substituents is 1. The molecule has 1 N–H and O–H groups in total. The Morgan fingerprint density at radius 1 is 1.24 bits per heavy atom. The number of ether oxygens (including phenoxy) is 1. The number of aromatic carboxylic acids is 1. The van der Waals surface area contributed by atoms with Gasteiger partial charge in [-0.1, -0.05) is 6.07 Å². The van der Waals surface area contributed by atoms with Crippen LogP contribution in [0.1, 0.15) is 15.9 Å². The molecule has 0 amide bonds. The number of benzene rings is 2. The summed E-state index contributed by atoms with van der Waals surface area (Å²) in [6.45, 7) is 1.79. The van der Waals surface area contributed by atoms with E-state index < -0.39 is 10.9 Å². The third-order valence-corrected chi connectivity index (χ3v) is 3.62. The number of hydrogen-bond acceptors (Lipinski definition) is 4. The highest BCUT2D eigenvalue weighted by Crippen LogP contribution is 2.31. The molecule has 0 aliphatic carbocycles. The lowest BCUT2D eigenvalue weighted by Gasteiger charge is -2.11. The number of aryl methyl sites for hydroxylation is 1. The van der Waals surface area contributed by atoms with Crippen LogP contribution in [0.25, 0.3) is 0 Å². The lowest BCUT2D eigenvalue weighted by molar-refractivity contribution is -0.385. The maximum atomic E-state index is 11.0. The number of carboxylic acids is 1. The number of carboxylic acid groups (broad SMARTS) is 1. The summed E-state index contributed by atoms with van der Waals surface area (Å²) < 4.78 is 6.24. The van der Waals surface area contributed by atoms with Gasteiger partial charge in [-0.15, -0.1) is 0 Å². The highest BCUT2D eigenvalue weighted by atomic mass is 127. The summed E-state index contributed by atoms with van der Waals surface area (Å²) in [5.74, 6) is -0.202. The first kappa shape index (κ1) is 15.2. The second-order valence-corrected chi connectivity index (χ2v) is 5.42. The molecule has 2 aromatic carbocycles. The van der Waals surface area contributed by atoms with Crippen molar-refractivity contribution in [1.29, 1.82) is 0 Å². The highest BCUT2D eigenvalue weighted by Gasteiger charge is 2.13. The van der Waals surface area contributed by atoms with E-state index in [1.807, 2.05) is 22.6 Å². The average Bonchev–Trinajstić information content (AvgIpc) is 2.42. The van der Waals surface area contributed by atoms with Gasteiger partial charge in [-0.25, -0.2) is 4.79 Å². The molecule has 21 heavy (non-hydrogen) atoms. The van der Waals surface area contributed by atoms with E-state index in [1.54, 1.807) is 13.0 Å². The van der Waals surface area contributed by atoms with Crippen LogP contribution in [0.4, 0.5) is 5.69 Å². The number of nitro groups is 1. The molecule has 0 spiro atoms. The maximum absolute atomic E-state index is 11.0. The van der Waals surface area contributed by atoms with E-state index in [0.29, 0.717) is 15.1 Å². The van der Waals surface area contributed by atoms with Crippen molar-refractivity contribution in [2.45, 2.75) is 6.92 Å². The molecule has 0 saturated heterocycles. The van der Waals surface area contributed by atoms with Crippen LogP contribution >= 0.6 is 22.6 Å². The summed E-state index contributed by atoms with van der Waals surface area (Å²) >= 11 is 1.93. The van der Waals surface area contributed by atoms with Gasteiger partial charge in [-0.3, -0.25) is 10.1 Å². The summed E-state index contributed by atoms with van der Waals surface area (Å²) in [5.41, 5.74) is 0.865. The molecule has 108 valence electrons. The lowest BCUT2D eigenvalue weighted by atomic mass is 10.1. The summed E-state index contributed by atoms with van der Waals surface area (Å²) in [5, 5.41) is 19.7. The van der Waals surface area contributed by atoms with Crippen LogP contribution in [0, 0.1) is 20.6 Å². The van der Waals surface area contributed by atoms with Crippen LogP contribution in [0.2, 0.25) is 0 Å². The second kappa shape index (κ2) is 6.08. The minimum absolute atomic E-state index is 0.0252. The Morgan fingerprint density at radius 3 is 2.52 bits per heavy atom. The van der Waals surface area contributed by atoms with E-state index in [2.05, 4.69) is 0 Å². The molecule has 0 unspecified atom stereocenters. The topological polar surface area (TPSA) is 89.7 Å². The fourth-order valence-electron chi connectivity index (χ4n) is 1.65. The number of carbonyl (C=O) groups is 1. The van der Waals surface area contributed by atoms with Crippen molar-refractivity contribution in [2.24, 2.45) is 0 Å². The number of nitrogens with zero attached hydrogens (tertiary/aromatic N) is 1. The number of halogens is 1. The van der Waals surface area contributed by atoms with Crippen molar-refractivity contribution in [3.05, 3.63) is 61.2 Å². The smallest absolute Gasteiger partial charge is 0.335 e. The molecular formula is C14H10INO5. The summed E-state index contributed by atoms with van der Waals surface area (Å²) in [7, 11) is 0. The SMILES string of the molecule is Cc1ccc(C(=O)O)cc1Oc1ccc([N+](=O)[O-])cc1I. The Kier molecular flexibility index (Phi) is 4.41. The van der Waals surface area contributed by atoms with E-state index in [0.717, 1.165) is 5.56 Å². The van der Waals surface area contributed by atoms with Gasteiger partial charge in [-0.2, -0.15) is 0 Å². The van der Waals surface area contributed by atoms with Crippen molar-refractivity contribution in [3.63, 3.8) is 0 Å². The molecule has 0 heterocycles. The van der Waals surface area contributed by atoms with Gasteiger partial charge in [0.05, 0.1) is 14.1 Å². The van der Waals surface area contributed by atoms with Crippen LogP contribution in [0.3, 0.4) is 0 Å². The Balaban J connectivity index is 2.36. The first-order valence-corrected chi connectivity index (χ1v) is 6.92. The van der Waals surface area contributed by atoms with Crippen LogP contribution < -0.4 is 4.74 Å². The Morgan fingerprint density at radius 2 is 1.95 bits per heavy atom. The second-order valence-electron chi connectivity index (χ2n) is 4.26. The zero-order valence-corrected chi connectivity index (χ0v) is 13.0. The van der Waals surface area contributed by atoms with E-state index in [1.165, 1.54) is 30.3 Å². The normalized spacial score (nSPS) is 10.2. The lowest BCUT2D eigenvalue weighted by Crippen LogP contribution is -1.98. The van der Waals surface area contributed by atoms with Gasteiger partial charge >= 0.3 is 5.97 Å². The predicted octanol–water partition coefficient (Wildman–Crippen LogP) is 4.00. The van der Waals surface area contributed by atoms with Crippen molar-refractivity contribution < 1.29 is 19.6 Å². The van der Waals surface area contributed by atoms with Crippen molar-refractivity contribution >= 4 is 34.2 Å². The van der Waals surface area contributed by atoms with Crippen molar-refractivity contribution in [3.8, 4) is 11.5 Å². The van der Waals surface area contributed by atoms with Crippen LogP contribution in [-0.2, 0) is 0 Å². The quantitative estimate of drug-likeness (QED) is 0.477. The van der Waals surface area contributed by atoms with Gasteiger partial charge < -0.3 is 9.84 Å². The van der Waals surface area contributed by atoms with Gasteiger partial charge in [0, 0.05) is 12.1 Å². The highest BCUT2D eigenvalue weighted by molar-refractivity contribution is 14.1. The predicted molar refractivity (Wildman–Crippen MR) is 84.0 cm³/mol. The molecule has 2 aromatic rings. The molecule has 0 fully saturated rings. The molecule has 2 rings (SSSR count). The summed E-state index contributed by atoms with van der Waals surface area (Å²) in [6, 6.07) is 8.80. The minimum Gasteiger partial charge on any atom is -0.478 e. The molecule has 0 aromatic heterocycles. The first-order chi connectivity index (χ1) is 9.88. The fourth-order valence-corrected chi connectivity index (χ4v) is 2.26. The average molecular weight is 399 g/mol. The number of rotatable bonds is 4. The van der Waals surface area contributed by atoms with Crippen molar-refractivity contribution in [1.82, 2.24) is 0 Å². The monoisotopic (exact) mass is 399 g/mol. The number of hydrogen-bond donors (Lipinski definition) is 1. The third-order valence-electron chi connectivity index (χ3n) is 2.78. The molecule has 0 radical (unpaired) electrons. The van der Waals surface area contributed by atoms with E-state index in [9.17, 15) is 14.9 Å². The van der Waals surface area contributed by atoms with Gasteiger partial charge in [0.25, 0.3) is 5.69 Å². The van der Waals surface area contributed by atoms with E-state index >= 15 is 0 Å². The van der Waals surface area contributed by atoms with E-state index in [4.69, 9.17) is 9.84 Å². The van der Waals surface area contributed by atoms with Crippen LogP contribution in [-0.4, -0.2) is 16.0 Å². The number of nitro benzene ring substituents is 1. The maximum Gasteiger partial charge on any atom is 0.335 e. The van der Waals surface area contributed by atoms with Gasteiger partial charge in [0.15, 0.2) is 0 Å². The molecule has 0 saturated carbocycles. The molecule has 0 bridgehead atoms. The largest absolute Gasteiger partial charge is 0.478 e. The standard InChI is InChI=1S/C14H10INO5/c1-8-2-3-9(14(17)18)6-13(8)21-12-5-4-10(16(19)20)7-11(12)15/h2-7H,1H3,(H,17,18). The molecular weight excluding hydrogens is 389 g/mol. The fraction of sp³-hybridized carbons (Fsp3) is 0.0714. The summed E-state index contributed by atoms with van der Waals surface area (Å²) in [6.07, 6.45) is 0. The first-order valence-electron chi connectivity index (χ1n) is 5.84. The third kappa shape index (κ3) is 3.48. The Bertz CT molecular complexity index is 729. The summed E-state index contributed by atoms with van der Waals surface area (Å²) in [4.78, 5) is 21.2. The molecule has 0 aliphatic heterocycles. The van der Waals surface area contributed by atoms with E-state index in [-0.39, 0.29) is 11.3 Å². The van der Waals surface area contributed by atoms with Crippen LogP contribution in [0.15, 0.2) is 36.4 Å². The Labute approximate surface area is 133 Å². The molecule has 7 heteroatoms. The van der Waals surface area contributed by atoms with Gasteiger partial charge in [-0.05, 0) is 53.3 Å². The minimum atomic E-state index is -1.04. The Hall–Kier alpha value is -2.16. The molecule has 0 atom stereocenters. The molecule has 0 aliphatic rings. The zero-order chi connectivity index (χ0) is 15.6. The van der Waals surface area contributed by atoms with Crippen molar-refractivity contribution in [2.75, 3.05) is 0 Å². The van der Waals surface area contributed by atoms with Gasteiger partial charge in [0.1, 0.15) is 11.5 Å². The van der Waals surface area contributed by atoms with Gasteiger partial charge in [0.2, 0.25) is 0 Å². The zero-order valence-electron chi connectivity index (χ0n) is 10.9. The molecule has 6 nitrogen and oxygen atoms in total.